The van der Waals surface area contributed by atoms with Crippen LogP contribution in [-0.4, -0.2) is 29.1 Å². The molecule has 0 atom stereocenters. The number of rotatable bonds is 5. The van der Waals surface area contributed by atoms with E-state index in [9.17, 15) is 4.79 Å². The summed E-state index contributed by atoms with van der Waals surface area (Å²) in [6, 6.07) is 22.9. The van der Waals surface area contributed by atoms with Gasteiger partial charge in [-0.25, -0.2) is 0 Å². The molecule has 150 valence electrons. The highest BCUT2D eigenvalue weighted by molar-refractivity contribution is 5.92. The number of benzene rings is 2. The first-order valence-electron chi connectivity index (χ1n) is 10.4. The minimum atomic E-state index is -0.207. The molecule has 0 saturated carbocycles. The number of nitrogens with zero attached hydrogens (tertiary/aromatic N) is 2. The quantitative estimate of drug-likeness (QED) is 0.611. The molecule has 1 fully saturated rings. The van der Waals surface area contributed by atoms with Crippen LogP contribution in [0.5, 0.6) is 0 Å². The lowest BCUT2D eigenvalue weighted by atomic mass is 9.69. The van der Waals surface area contributed by atoms with Gasteiger partial charge < -0.3 is 9.42 Å². The molecule has 2 aromatic carbocycles. The van der Waals surface area contributed by atoms with Gasteiger partial charge in [-0.05, 0) is 29.9 Å². The molecule has 1 aliphatic rings. The second-order valence-corrected chi connectivity index (χ2v) is 8.42. The van der Waals surface area contributed by atoms with E-state index < -0.39 is 0 Å². The lowest BCUT2D eigenvalue weighted by molar-refractivity contribution is 0.0656. The van der Waals surface area contributed by atoms with Gasteiger partial charge >= 0.3 is 0 Å². The Balaban J connectivity index is 1.65. The average molecular weight is 389 g/mol. The third-order valence-corrected chi connectivity index (χ3v) is 5.82. The minimum absolute atomic E-state index is 0.0420. The van der Waals surface area contributed by atoms with E-state index in [4.69, 9.17) is 4.52 Å². The summed E-state index contributed by atoms with van der Waals surface area (Å²) in [7, 11) is 0. The standard InChI is InChI=1S/C25H28N2O2/c1-19(2)16-22-17-23(26-29-22)24(28)27-15-9-14-25(18-27,20-10-5-3-6-11-20)21-12-7-4-8-13-21/h3-8,10-13,17,19H,9,14-16,18H2,1-2H3. The van der Waals surface area contributed by atoms with Gasteiger partial charge in [0.1, 0.15) is 5.76 Å². The fourth-order valence-corrected chi connectivity index (χ4v) is 4.46. The Kier molecular flexibility index (Phi) is 5.52. The molecular formula is C25H28N2O2. The van der Waals surface area contributed by atoms with Crippen molar-refractivity contribution < 1.29 is 9.32 Å². The summed E-state index contributed by atoms with van der Waals surface area (Å²) in [6.07, 6.45) is 2.76. The number of likely N-dealkylation sites (tertiary alicyclic amines) is 1. The summed E-state index contributed by atoms with van der Waals surface area (Å²) in [4.78, 5) is 15.2. The molecule has 0 aliphatic carbocycles. The van der Waals surface area contributed by atoms with Crippen LogP contribution in [-0.2, 0) is 11.8 Å². The number of carbonyl (C=O) groups excluding carboxylic acids is 1. The highest BCUT2D eigenvalue weighted by Gasteiger charge is 2.40. The Morgan fingerprint density at radius 3 is 2.28 bits per heavy atom. The molecule has 29 heavy (non-hydrogen) atoms. The molecule has 4 heteroatoms. The third-order valence-electron chi connectivity index (χ3n) is 5.82. The summed E-state index contributed by atoms with van der Waals surface area (Å²) >= 11 is 0. The first-order chi connectivity index (χ1) is 14.1. The van der Waals surface area contributed by atoms with Crippen molar-refractivity contribution in [1.29, 1.82) is 0 Å². The third kappa shape index (κ3) is 3.98. The molecule has 0 N–H and O–H groups in total. The van der Waals surface area contributed by atoms with Gasteiger partial charge in [0.05, 0.1) is 0 Å². The van der Waals surface area contributed by atoms with Gasteiger partial charge in [-0.15, -0.1) is 0 Å². The fourth-order valence-electron chi connectivity index (χ4n) is 4.46. The maximum atomic E-state index is 13.3. The van der Waals surface area contributed by atoms with Gasteiger partial charge in [0.2, 0.25) is 0 Å². The molecule has 1 aromatic heterocycles. The van der Waals surface area contributed by atoms with E-state index >= 15 is 0 Å². The molecule has 0 unspecified atom stereocenters. The van der Waals surface area contributed by atoms with Crippen LogP contribution in [0.4, 0.5) is 0 Å². The van der Waals surface area contributed by atoms with Crippen LogP contribution >= 0.6 is 0 Å². The molecule has 2 heterocycles. The van der Waals surface area contributed by atoms with E-state index in [1.807, 2.05) is 23.1 Å². The molecule has 0 spiro atoms. The molecule has 3 aromatic rings. The first-order valence-corrected chi connectivity index (χ1v) is 10.4. The summed E-state index contributed by atoms with van der Waals surface area (Å²) in [5, 5.41) is 4.07. The van der Waals surface area contributed by atoms with Crippen molar-refractivity contribution in [2.75, 3.05) is 13.1 Å². The van der Waals surface area contributed by atoms with Crippen molar-refractivity contribution in [3.63, 3.8) is 0 Å². The van der Waals surface area contributed by atoms with Gasteiger partial charge in [0.15, 0.2) is 5.69 Å². The van der Waals surface area contributed by atoms with Crippen molar-refractivity contribution >= 4 is 5.91 Å². The molecule has 4 rings (SSSR count). The van der Waals surface area contributed by atoms with Crippen LogP contribution in [0, 0.1) is 5.92 Å². The van der Waals surface area contributed by atoms with Crippen molar-refractivity contribution in [3.8, 4) is 0 Å². The van der Waals surface area contributed by atoms with Crippen LogP contribution in [0.15, 0.2) is 71.3 Å². The molecular weight excluding hydrogens is 360 g/mol. The summed E-state index contributed by atoms with van der Waals surface area (Å²) in [5.41, 5.74) is 2.72. The average Bonchev–Trinajstić information content (AvgIpc) is 3.22. The van der Waals surface area contributed by atoms with E-state index in [1.54, 1.807) is 0 Å². The smallest absolute Gasteiger partial charge is 0.276 e. The second-order valence-electron chi connectivity index (χ2n) is 8.42. The zero-order valence-electron chi connectivity index (χ0n) is 17.2. The van der Waals surface area contributed by atoms with Gasteiger partial charge in [0, 0.05) is 31.0 Å². The Morgan fingerprint density at radius 2 is 1.69 bits per heavy atom. The van der Waals surface area contributed by atoms with Crippen LogP contribution < -0.4 is 0 Å². The molecule has 0 radical (unpaired) electrons. The second kappa shape index (κ2) is 8.24. The van der Waals surface area contributed by atoms with Crippen molar-refractivity contribution in [2.45, 2.75) is 38.5 Å². The Hall–Kier alpha value is -2.88. The zero-order chi connectivity index (χ0) is 20.3. The highest BCUT2D eigenvalue weighted by Crippen LogP contribution is 2.40. The summed E-state index contributed by atoms with van der Waals surface area (Å²) < 4.78 is 5.41. The van der Waals surface area contributed by atoms with E-state index in [0.717, 1.165) is 31.6 Å². The SMILES string of the molecule is CC(C)Cc1cc(C(=O)N2CCCC(c3ccccc3)(c3ccccc3)C2)no1. The lowest BCUT2D eigenvalue weighted by Gasteiger charge is -2.43. The number of carbonyl (C=O) groups is 1. The molecule has 1 aliphatic heterocycles. The molecule has 4 nitrogen and oxygen atoms in total. The predicted octanol–water partition coefficient (Wildman–Crippen LogP) is 5.10. The summed E-state index contributed by atoms with van der Waals surface area (Å²) in [6.45, 7) is 5.64. The monoisotopic (exact) mass is 388 g/mol. The normalized spacial score (nSPS) is 16.2. The minimum Gasteiger partial charge on any atom is -0.361 e. The van der Waals surface area contributed by atoms with Gasteiger partial charge in [-0.2, -0.15) is 0 Å². The largest absolute Gasteiger partial charge is 0.361 e. The van der Waals surface area contributed by atoms with Gasteiger partial charge in [-0.3, -0.25) is 4.79 Å². The maximum Gasteiger partial charge on any atom is 0.276 e. The number of hydrogen-bond donors (Lipinski definition) is 0. The fraction of sp³-hybridized carbons (Fsp3) is 0.360. The molecule has 0 bridgehead atoms. The Bertz CT molecular complexity index is 908. The van der Waals surface area contributed by atoms with E-state index in [0.29, 0.717) is 18.2 Å². The van der Waals surface area contributed by atoms with Crippen molar-refractivity contribution in [1.82, 2.24) is 10.1 Å². The number of aromatic nitrogens is 1. The number of amides is 1. The number of hydrogen-bond acceptors (Lipinski definition) is 3. The topological polar surface area (TPSA) is 46.3 Å². The van der Waals surface area contributed by atoms with Crippen molar-refractivity contribution in [3.05, 3.63) is 89.3 Å². The van der Waals surface area contributed by atoms with Crippen LogP contribution in [0.3, 0.4) is 0 Å². The maximum absolute atomic E-state index is 13.3. The van der Waals surface area contributed by atoms with Crippen LogP contribution in [0.2, 0.25) is 0 Å². The molecule has 1 saturated heterocycles. The van der Waals surface area contributed by atoms with E-state index in [2.05, 4.69) is 67.5 Å². The zero-order valence-corrected chi connectivity index (χ0v) is 17.2. The first kappa shape index (κ1) is 19.4. The Labute approximate surface area is 172 Å². The highest BCUT2D eigenvalue weighted by atomic mass is 16.5. The number of piperidine rings is 1. The Morgan fingerprint density at radius 1 is 1.07 bits per heavy atom. The van der Waals surface area contributed by atoms with E-state index in [-0.39, 0.29) is 11.3 Å². The summed E-state index contributed by atoms with van der Waals surface area (Å²) in [5.74, 6) is 1.20. The predicted molar refractivity (Wildman–Crippen MR) is 114 cm³/mol. The van der Waals surface area contributed by atoms with Crippen LogP contribution in [0.25, 0.3) is 0 Å². The van der Waals surface area contributed by atoms with Crippen LogP contribution in [0.1, 0.15) is 54.1 Å². The van der Waals surface area contributed by atoms with E-state index in [1.165, 1.54) is 11.1 Å². The van der Waals surface area contributed by atoms with Gasteiger partial charge in [-0.1, -0.05) is 79.7 Å². The lowest BCUT2D eigenvalue weighted by Crippen LogP contribution is -2.49. The van der Waals surface area contributed by atoms with Crippen molar-refractivity contribution in [2.24, 2.45) is 5.92 Å². The molecule has 1 amide bonds. The van der Waals surface area contributed by atoms with Gasteiger partial charge in [0.25, 0.3) is 5.91 Å².